The van der Waals surface area contributed by atoms with Gasteiger partial charge in [-0.25, -0.2) is 0 Å². The monoisotopic (exact) mass is 1080 g/mol. The Bertz CT molecular complexity index is 4210. The molecule has 83 heavy (non-hydrogen) atoms. The SMILES string of the molecule is C=Cc1c(/C=C(\C)c2ccc3c(c2)C2(C)CCCCC2(C)N3c2ccnc(C)c2)c(-c2ccc(-c3ccccc3)cc2)c2ccc(-c3ccc4c(c3)C3(C)CCCCC3(C)N4c3ccnc(C)c3)cc2c1-c1ccc(-c2ccccc2)cc1. The highest BCUT2D eigenvalue weighted by Gasteiger charge is 2.59. The zero-order chi connectivity index (χ0) is 56.8. The third-order valence-electron chi connectivity index (χ3n) is 20.8. The normalized spacial score (nSPS) is 21.8. The van der Waals surface area contributed by atoms with E-state index in [1.165, 1.54) is 137 Å². The maximum Gasteiger partial charge on any atom is 0.0517 e. The van der Waals surface area contributed by atoms with Gasteiger partial charge in [0.1, 0.15) is 0 Å². The number of anilines is 4. The first-order valence-corrected chi connectivity index (χ1v) is 30.3. The molecule has 0 N–H and O–H groups in total. The number of aryl methyl sites for hydroxylation is 2. The summed E-state index contributed by atoms with van der Waals surface area (Å²) in [6, 6.07) is 70.9. The second kappa shape index (κ2) is 20.1. The van der Waals surface area contributed by atoms with E-state index < -0.39 is 0 Å². The van der Waals surface area contributed by atoms with Crippen LogP contribution in [-0.2, 0) is 10.8 Å². The molecular formula is C79H74N4. The van der Waals surface area contributed by atoms with Crippen LogP contribution in [0.1, 0.15) is 125 Å². The fraction of sp³-hybridized carbons (Fsp3) is 0.241. The van der Waals surface area contributed by atoms with Gasteiger partial charge in [-0.2, -0.15) is 0 Å². The lowest BCUT2D eigenvalue weighted by atomic mass is 9.61. The number of fused-ring (bicyclic) bond motifs is 7. The smallest absolute Gasteiger partial charge is 0.0517 e. The molecule has 2 fully saturated rings. The number of rotatable bonds is 10. The van der Waals surface area contributed by atoms with Crippen LogP contribution in [0.2, 0.25) is 0 Å². The van der Waals surface area contributed by atoms with Crippen LogP contribution in [-0.4, -0.2) is 21.0 Å². The molecule has 2 saturated carbocycles. The Balaban J connectivity index is 0.991. The van der Waals surface area contributed by atoms with Gasteiger partial charge in [-0.05, 0) is 215 Å². The van der Waals surface area contributed by atoms with E-state index in [2.05, 4.69) is 268 Å². The number of pyridine rings is 2. The van der Waals surface area contributed by atoms with Crippen molar-refractivity contribution < 1.29 is 0 Å². The van der Waals surface area contributed by atoms with Gasteiger partial charge < -0.3 is 9.80 Å². The van der Waals surface area contributed by atoms with Gasteiger partial charge in [0, 0.05) is 57.4 Å². The number of benzene rings is 8. The molecule has 4 atom stereocenters. The molecule has 4 unspecified atom stereocenters. The molecule has 410 valence electrons. The summed E-state index contributed by atoms with van der Waals surface area (Å²) < 4.78 is 0. The van der Waals surface area contributed by atoms with Crippen LogP contribution in [0.3, 0.4) is 0 Å². The summed E-state index contributed by atoms with van der Waals surface area (Å²) in [7, 11) is 0. The minimum Gasteiger partial charge on any atom is -0.334 e. The van der Waals surface area contributed by atoms with Crippen LogP contribution in [0.15, 0.2) is 207 Å². The van der Waals surface area contributed by atoms with E-state index in [9.17, 15) is 0 Å². The molecular weight excluding hydrogens is 1000 g/mol. The van der Waals surface area contributed by atoms with Gasteiger partial charge in [0.05, 0.1) is 11.1 Å². The Kier molecular flexibility index (Phi) is 12.7. The fourth-order valence-corrected chi connectivity index (χ4v) is 16.0. The minimum atomic E-state index is -0.0673. The largest absolute Gasteiger partial charge is 0.334 e. The molecule has 4 aliphatic rings. The molecule has 2 aliphatic carbocycles. The first-order chi connectivity index (χ1) is 40.3. The highest BCUT2D eigenvalue weighted by molar-refractivity contribution is 6.14. The number of hydrogen-bond donors (Lipinski definition) is 0. The van der Waals surface area contributed by atoms with Crippen molar-refractivity contribution in [3.05, 3.63) is 246 Å². The predicted octanol–water partition coefficient (Wildman–Crippen LogP) is 21.3. The Morgan fingerprint density at radius 2 is 0.867 bits per heavy atom. The predicted molar refractivity (Wildman–Crippen MR) is 352 cm³/mol. The summed E-state index contributed by atoms with van der Waals surface area (Å²) in [4.78, 5) is 14.6. The Morgan fingerprint density at radius 3 is 1.39 bits per heavy atom. The van der Waals surface area contributed by atoms with Gasteiger partial charge in [-0.1, -0.05) is 192 Å². The summed E-state index contributed by atoms with van der Waals surface area (Å²) in [5, 5.41) is 2.42. The van der Waals surface area contributed by atoms with Gasteiger partial charge in [0.25, 0.3) is 0 Å². The molecule has 4 nitrogen and oxygen atoms in total. The molecule has 4 heterocycles. The number of nitrogens with zero attached hydrogens (tertiary/aromatic N) is 4. The first kappa shape index (κ1) is 52.5. The van der Waals surface area contributed by atoms with Crippen LogP contribution >= 0.6 is 0 Å². The van der Waals surface area contributed by atoms with Crippen molar-refractivity contribution in [1.82, 2.24) is 9.97 Å². The van der Waals surface area contributed by atoms with Crippen molar-refractivity contribution in [1.29, 1.82) is 0 Å². The number of allylic oxidation sites excluding steroid dienone is 1. The Morgan fingerprint density at radius 1 is 0.434 bits per heavy atom. The number of aromatic nitrogens is 2. The second-order valence-corrected chi connectivity index (χ2v) is 25.3. The molecule has 4 heteroatoms. The van der Waals surface area contributed by atoms with Gasteiger partial charge in [-0.15, -0.1) is 0 Å². The maximum atomic E-state index is 4.73. The van der Waals surface area contributed by atoms with Gasteiger partial charge in [-0.3, -0.25) is 9.97 Å². The highest BCUT2D eigenvalue weighted by Crippen LogP contribution is 2.63. The van der Waals surface area contributed by atoms with Crippen LogP contribution in [0.25, 0.3) is 84.1 Å². The third kappa shape index (κ3) is 8.29. The van der Waals surface area contributed by atoms with Gasteiger partial charge >= 0.3 is 0 Å². The van der Waals surface area contributed by atoms with Crippen molar-refractivity contribution in [3.63, 3.8) is 0 Å². The number of hydrogen-bond acceptors (Lipinski definition) is 4. The van der Waals surface area contributed by atoms with E-state index in [0.717, 1.165) is 48.2 Å². The van der Waals surface area contributed by atoms with Gasteiger partial charge in [0.15, 0.2) is 0 Å². The van der Waals surface area contributed by atoms with Crippen LogP contribution in [0.5, 0.6) is 0 Å². The summed E-state index contributed by atoms with van der Waals surface area (Å²) >= 11 is 0. The quantitative estimate of drug-likeness (QED) is 0.128. The van der Waals surface area contributed by atoms with E-state index in [0.29, 0.717) is 0 Å². The van der Waals surface area contributed by atoms with E-state index in [1.807, 2.05) is 12.4 Å². The van der Waals surface area contributed by atoms with E-state index in [1.54, 1.807) is 0 Å². The van der Waals surface area contributed by atoms with Crippen molar-refractivity contribution in [3.8, 4) is 55.6 Å². The highest BCUT2D eigenvalue weighted by atomic mass is 15.3. The molecule has 14 rings (SSSR count). The second-order valence-electron chi connectivity index (χ2n) is 25.3. The van der Waals surface area contributed by atoms with Crippen LogP contribution < -0.4 is 9.80 Å². The van der Waals surface area contributed by atoms with Crippen molar-refractivity contribution in [2.24, 2.45) is 0 Å². The van der Waals surface area contributed by atoms with E-state index in [-0.39, 0.29) is 21.9 Å². The minimum absolute atomic E-state index is 0.0313. The van der Waals surface area contributed by atoms with Crippen molar-refractivity contribution >= 4 is 51.2 Å². The summed E-state index contributed by atoms with van der Waals surface area (Å²) in [5.41, 5.74) is 26.6. The molecule has 8 aromatic carbocycles. The molecule has 2 aromatic heterocycles. The fourth-order valence-electron chi connectivity index (χ4n) is 16.0. The molecule has 0 bridgehead atoms. The Hall–Kier alpha value is -8.60. The molecule has 10 aromatic rings. The molecule has 0 saturated heterocycles. The van der Waals surface area contributed by atoms with E-state index in [4.69, 9.17) is 6.58 Å². The Labute approximate surface area is 492 Å². The average Bonchev–Trinajstić information content (AvgIpc) is 1.70. The third-order valence-corrected chi connectivity index (χ3v) is 20.8. The molecule has 0 radical (unpaired) electrons. The van der Waals surface area contributed by atoms with E-state index >= 15 is 0 Å². The van der Waals surface area contributed by atoms with Crippen LogP contribution in [0, 0.1) is 13.8 Å². The van der Waals surface area contributed by atoms with Crippen molar-refractivity contribution in [2.45, 2.75) is 122 Å². The first-order valence-electron chi connectivity index (χ1n) is 30.3. The standard InChI is InChI=1S/C79H74N4/c1-9-66-68(46-52(2)61-33-36-72-70(50-61)76(5)40-16-18-42-78(76,7)82(72)64-38-44-80-53(3)47-64)75(60-30-26-58(27-31-60)56-22-14-11-15-23-56)67-35-32-62(49-69(67)74(66)59-28-24-57(25-29-59)55-20-12-10-13-21-55)63-34-37-73-71(51-63)77(6)41-17-19-43-79(77,8)83(73)65-39-45-81-54(4)48-65/h9-15,20-39,44-51H,1,16-19,40-43H2,2-8H3/b52-46+. The van der Waals surface area contributed by atoms with Crippen molar-refractivity contribution in [2.75, 3.05) is 9.80 Å². The molecule has 0 amide bonds. The maximum absolute atomic E-state index is 4.73. The lowest BCUT2D eigenvalue weighted by Crippen LogP contribution is -2.54. The molecule has 2 aliphatic heterocycles. The topological polar surface area (TPSA) is 32.3 Å². The lowest BCUT2D eigenvalue weighted by molar-refractivity contribution is 0.195. The zero-order valence-electron chi connectivity index (χ0n) is 49.4. The summed E-state index contributed by atoms with van der Waals surface area (Å²) in [5.74, 6) is 0. The summed E-state index contributed by atoms with van der Waals surface area (Å²) in [6.45, 7) is 21.4. The van der Waals surface area contributed by atoms with Crippen LogP contribution in [0.4, 0.5) is 22.7 Å². The lowest BCUT2D eigenvalue weighted by Gasteiger charge is -2.50. The zero-order valence-corrected chi connectivity index (χ0v) is 49.4. The molecule has 0 spiro atoms. The average molecular weight is 1080 g/mol. The summed E-state index contributed by atoms with van der Waals surface area (Å²) in [6.07, 6.45) is 18.1. The van der Waals surface area contributed by atoms with Gasteiger partial charge in [0.2, 0.25) is 0 Å².